The van der Waals surface area contributed by atoms with Crippen LogP contribution in [0.3, 0.4) is 0 Å². The van der Waals surface area contributed by atoms with Crippen LogP contribution in [0.25, 0.3) is 0 Å². The van der Waals surface area contributed by atoms with Gasteiger partial charge in [0.25, 0.3) is 0 Å². The zero-order valence-corrected chi connectivity index (χ0v) is 15.7. The van der Waals surface area contributed by atoms with Crippen molar-refractivity contribution in [1.29, 1.82) is 0 Å². The fraction of sp³-hybridized carbons (Fsp3) is 0.562. The Morgan fingerprint density at radius 1 is 1.36 bits per heavy atom. The van der Waals surface area contributed by atoms with E-state index in [1.54, 1.807) is 0 Å². The van der Waals surface area contributed by atoms with E-state index in [0.29, 0.717) is 39.1 Å². The lowest BCUT2D eigenvalue weighted by Crippen LogP contribution is -2.41. The van der Waals surface area contributed by atoms with Gasteiger partial charge in [0, 0.05) is 19.7 Å². The van der Waals surface area contributed by atoms with Crippen molar-refractivity contribution in [2.24, 2.45) is 5.73 Å². The van der Waals surface area contributed by atoms with Crippen molar-refractivity contribution in [2.45, 2.75) is 30.3 Å². The molecule has 2 rings (SSSR count). The van der Waals surface area contributed by atoms with Gasteiger partial charge in [0.15, 0.2) is 0 Å². The van der Waals surface area contributed by atoms with Gasteiger partial charge in [0.05, 0.1) is 23.8 Å². The fourth-order valence-corrected chi connectivity index (χ4v) is 4.65. The number of halogens is 1. The summed E-state index contributed by atoms with van der Waals surface area (Å²) in [5.74, 6) is -0.568. The Morgan fingerprint density at radius 2 is 2.04 bits per heavy atom. The van der Waals surface area contributed by atoms with Gasteiger partial charge >= 0.3 is 5.97 Å². The van der Waals surface area contributed by atoms with Gasteiger partial charge < -0.3 is 15.2 Å². The van der Waals surface area contributed by atoms with Crippen LogP contribution in [0.4, 0.5) is 0 Å². The van der Waals surface area contributed by atoms with Crippen molar-refractivity contribution in [1.82, 2.24) is 4.31 Å². The standard InChI is InChI=1S/C16H23ClN2O5S/c1-23-16(20)12-3-4-15(14(17)11-12)25(21,22)19-8-5-13(6-9-19)24-10-2-7-18/h3-4,11,13H,2,5-10,18H2,1H3. The number of methoxy groups -OCH3 is 1. The highest BCUT2D eigenvalue weighted by Gasteiger charge is 2.31. The minimum Gasteiger partial charge on any atom is -0.465 e. The Labute approximate surface area is 153 Å². The molecule has 0 radical (unpaired) electrons. The van der Waals surface area contributed by atoms with Crippen LogP contribution in [-0.2, 0) is 19.5 Å². The van der Waals surface area contributed by atoms with Gasteiger partial charge in [-0.15, -0.1) is 0 Å². The number of piperidine rings is 1. The lowest BCUT2D eigenvalue weighted by Gasteiger charge is -2.31. The van der Waals surface area contributed by atoms with Crippen molar-refractivity contribution in [3.63, 3.8) is 0 Å². The minimum atomic E-state index is -3.72. The predicted octanol–water partition coefficient (Wildman–Crippen LogP) is 1.65. The number of nitrogens with two attached hydrogens (primary N) is 1. The molecule has 0 aliphatic carbocycles. The van der Waals surface area contributed by atoms with E-state index in [4.69, 9.17) is 22.1 Å². The molecule has 25 heavy (non-hydrogen) atoms. The van der Waals surface area contributed by atoms with Gasteiger partial charge in [-0.2, -0.15) is 4.31 Å². The first kappa shape index (κ1) is 20.1. The molecule has 0 spiro atoms. The van der Waals surface area contributed by atoms with Crippen molar-refractivity contribution < 1.29 is 22.7 Å². The summed E-state index contributed by atoms with van der Waals surface area (Å²) >= 11 is 6.10. The number of esters is 1. The van der Waals surface area contributed by atoms with Gasteiger partial charge in [-0.05, 0) is 44.0 Å². The second-order valence-corrected chi connectivity index (χ2v) is 8.07. The number of ether oxygens (including phenoxy) is 2. The highest BCUT2D eigenvalue weighted by atomic mass is 35.5. The molecule has 1 saturated heterocycles. The molecular weight excluding hydrogens is 368 g/mol. The molecule has 0 amide bonds. The van der Waals surface area contributed by atoms with Gasteiger partial charge in [-0.25, -0.2) is 13.2 Å². The molecule has 2 N–H and O–H groups in total. The normalized spacial score (nSPS) is 16.8. The third-order valence-electron chi connectivity index (χ3n) is 4.07. The van der Waals surface area contributed by atoms with Crippen molar-refractivity contribution >= 4 is 27.6 Å². The van der Waals surface area contributed by atoms with E-state index in [0.717, 1.165) is 6.42 Å². The Bertz CT molecular complexity index is 702. The summed E-state index contributed by atoms with van der Waals surface area (Å²) in [5, 5.41) is 0.00391. The fourth-order valence-electron chi connectivity index (χ4n) is 2.67. The molecule has 1 aromatic carbocycles. The number of carbonyl (C=O) groups is 1. The second-order valence-electron chi connectivity index (χ2n) is 5.75. The van der Waals surface area contributed by atoms with E-state index >= 15 is 0 Å². The van der Waals surface area contributed by atoms with Crippen molar-refractivity contribution in [2.75, 3.05) is 33.4 Å². The van der Waals surface area contributed by atoms with E-state index < -0.39 is 16.0 Å². The van der Waals surface area contributed by atoms with E-state index in [1.165, 1.54) is 29.6 Å². The van der Waals surface area contributed by atoms with Crippen LogP contribution in [0.5, 0.6) is 0 Å². The molecule has 0 atom stereocenters. The van der Waals surface area contributed by atoms with Crippen LogP contribution in [0, 0.1) is 0 Å². The first-order chi connectivity index (χ1) is 11.9. The third kappa shape index (κ3) is 4.92. The Hall–Kier alpha value is -1.19. The number of hydrogen-bond donors (Lipinski definition) is 1. The summed E-state index contributed by atoms with van der Waals surface area (Å²) in [6.45, 7) is 1.90. The van der Waals surface area contributed by atoms with Crippen LogP contribution < -0.4 is 5.73 Å². The van der Waals surface area contributed by atoms with Crippen LogP contribution >= 0.6 is 11.6 Å². The van der Waals surface area contributed by atoms with E-state index in [1.807, 2.05) is 0 Å². The molecule has 1 aliphatic rings. The molecule has 0 aromatic heterocycles. The summed E-state index contributed by atoms with van der Waals surface area (Å²) in [6, 6.07) is 4.05. The number of sulfonamides is 1. The first-order valence-electron chi connectivity index (χ1n) is 8.10. The maximum absolute atomic E-state index is 12.8. The number of nitrogens with zero attached hydrogens (tertiary/aromatic N) is 1. The quantitative estimate of drug-likeness (QED) is 0.561. The summed E-state index contributed by atoms with van der Waals surface area (Å²) in [4.78, 5) is 11.5. The summed E-state index contributed by atoms with van der Waals surface area (Å²) < 4.78 is 37.3. The molecule has 1 aromatic rings. The first-order valence-corrected chi connectivity index (χ1v) is 9.91. The average Bonchev–Trinajstić information content (AvgIpc) is 2.61. The predicted molar refractivity (Wildman–Crippen MR) is 94.2 cm³/mol. The van der Waals surface area contributed by atoms with Gasteiger partial charge in [-0.3, -0.25) is 0 Å². The number of rotatable bonds is 7. The van der Waals surface area contributed by atoms with E-state index in [2.05, 4.69) is 4.74 Å². The molecule has 140 valence electrons. The maximum Gasteiger partial charge on any atom is 0.337 e. The Kier molecular flexibility index (Phi) is 7.21. The van der Waals surface area contributed by atoms with Crippen molar-refractivity contribution in [3.8, 4) is 0 Å². The molecule has 1 aliphatic heterocycles. The lowest BCUT2D eigenvalue weighted by molar-refractivity contribution is 0.0209. The van der Waals surface area contributed by atoms with E-state index in [9.17, 15) is 13.2 Å². The molecule has 1 heterocycles. The highest BCUT2D eigenvalue weighted by molar-refractivity contribution is 7.89. The number of carbonyl (C=O) groups excluding carboxylic acids is 1. The number of benzene rings is 1. The maximum atomic E-state index is 12.8. The molecule has 0 unspecified atom stereocenters. The second kappa shape index (κ2) is 8.95. The summed E-state index contributed by atoms with van der Waals surface area (Å²) in [5.41, 5.74) is 5.64. The largest absolute Gasteiger partial charge is 0.465 e. The number of hydrogen-bond acceptors (Lipinski definition) is 6. The van der Waals surface area contributed by atoms with Gasteiger partial charge in [0.2, 0.25) is 10.0 Å². The average molecular weight is 391 g/mol. The van der Waals surface area contributed by atoms with Crippen molar-refractivity contribution in [3.05, 3.63) is 28.8 Å². The summed E-state index contributed by atoms with van der Waals surface area (Å²) in [7, 11) is -2.47. The smallest absolute Gasteiger partial charge is 0.337 e. The highest BCUT2D eigenvalue weighted by Crippen LogP contribution is 2.28. The lowest BCUT2D eigenvalue weighted by atomic mass is 10.1. The Balaban J connectivity index is 2.06. The molecule has 0 bridgehead atoms. The molecule has 1 fully saturated rings. The van der Waals surface area contributed by atoms with Gasteiger partial charge in [0.1, 0.15) is 4.90 Å². The van der Waals surface area contributed by atoms with Crippen LogP contribution in [0.15, 0.2) is 23.1 Å². The van der Waals surface area contributed by atoms with Crippen LogP contribution in [0.1, 0.15) is 29.6 Å². The topological polar surface area (TPSA) is 98.9 Å². The molecular formula is C16H23ClN2O5S. The van der Waals surface area contributed by atoms with E-state index in [-0.39, 0.29) is 21.6 Å². The minimum absolute atomic E-state index is 0.00391. The summed E-state index contributed by atoms with van der Waals surface area (Å²) in [6.07, 6.45) is 2.10. The monoisotopic (exact) mass is 390 g/mol. The third-order valence-corrected chi connectivity index (χ3v) is 6.46. The molecule has 0 saturated carbocycles. The van der Waals surface area contributed by atoms with Gasteiger partial charge in [-0.1, -0.05) is 11.6 Å². The Morgan fingerprint density at radius 3 is 2.60 bits per heavy atom. The zero-order chi connectivity index (χ0) is 18.4. The molecule has 7 nitrogen and oxygen atoms in total. The van der Waals surface area contributed by atoms with Crippen LogP contribution in [0.2, 0.25) is 5.02 Å². The zero-order valence-electron chi connectivity index (χ0n) is 14.1. The SMILES string of the molecule is COC(=O)c1ccc(S(=O)(=O)N2CCC(OCCCN)CC2)c(Cl)c1. The van der Waals surface area contributed by atoms with Crippen LogP contribution in [-0.4, -0.2) is 58.1 Å². The molecule has 9 heteroatoms.